The number of azo groups is 1. The Morgan fingerprint density at radius 2 is 1.84 bits per heavy atom. The number of anilines is 2. The van der Waals surface area contributed by atoms with E-state index in [1.807, 2.05) is 18.2 Å². The molecule has 2 aromatic rings. The second-order valence-electron chi connectivity index (χ2n) is 5.28. The molecular formula is C16H18N6O3. The van der Waals surface area contributed by atoms with Gasteiger partial charge >= 0.3 is 6.09 Å². The normalized spacial score (nSPS) is 14.6. The van der Waals surface area contributed by atoms with Crippen LogP contribution >= 0.6 is 0 Å². The molecule has 3 rings (SSSR count). The number of rotatable bonds is 3. The maximum Gasteiger partial charge on any atom is 0.415 e. The van der Waals surface area contributed by atoms with Crippen LogP contribution in [0.15, 0.2) is 46.6 Å². The molecule has 1 amide bonds. The lowest BCUT2D eigenvalue weighted by molar-refractivity contribution is 0.0416. The number of carbonyl (C=O) groups is 1. The largest absolute Gasteiger partial charge is 0.415 e. The highest BCUT2D eigenvalue weighted by Gasteiger charge is 2.20. The van der Waals surface area contributed by atoms with E-state index in [-0.39, 0.29) is 23.1 Å². The summed E-state index contributed by atoms with van der Waals surface area (Å²) in [7, 11) is 0. The predicted molar refractivity (Wildman–Crippen MR) is 92.1 cm³/mol. The number of ether oxygens (including phenoxy) is 2. The van der Waals surface area contributed by atoms with Crippen LogP contribution in [0.3, 0.4) is 0 Å². The van der Waals surface area contributed by atoms with Gasteiger partial charge in [-0.25, -0.2) is 9.78 Å². The number of amides is 1. The molecule has 0 aliphatic carbocycles. The third kappa shape index (κ3) is 4.21. The second kappa shape index (κ2) is 7.58. The zero-order valence-corrected chi connectivity index (χ0v) is 13.5. The number of hydrogen-bond acceptors (Lipinski definition) is 8. The Bertz CT molecular complexity index is 775. The Balaban J connectivity index is 1.78. The van der Waals surface area contributed by atoms with Crippen molar-refractivity contribution in [1.29, 1.82) is 0 Å². The molecule has 130 valence electrons. The van der Waals surface area contributed by atoms with Gasteiger partial charge in [0.15, 0.2) is 17.4 Å². The van der Waals surface area contributed by atoms with Crippen LogP contribution < -0.4 is 16.2 Å². The molecule has 0 bridgehead atoms. The minimum Gasteiger partial charge on any atom is -0.406 e. The number of nitrogens with two attached hydrogens (primary N) is 2. The summed E-state index contributed by atoms with van der Waals surface area (Å²) >= 11 is 0. The lowest BCUT2D eigenvalue weighted by Crippen LogP contribution is -2.42. The molecule has 1 aliphatic heterocycles. The van der Waals surface area contributed by atoms with E-state index < -0.39 is 6.09 Å². The molecule has 1 saturated heterocycles. The van der Waals surface area contributed by atoms with Gasteiger partial charge in [0.2, 0.25) is 0 Å². The monoisotopic (exact) mass is 342 g/mol. The third-order valence-electron chi connectivity index (χ3n) is 3.52. The zero-order chi connectivity index (χ0) is 17.6. The minimum atomic E-state index is -0.521. The topological polar surface area (TPSA) is 128 Å². The molecule has 0 spiro atoms. The van der Waals surface area contributed by atoms with Crippen molar-refractivity contribution in [2.45, 2.75) is 0 Å². The van der Waals surface area contributed by atoms with Crippen LogP contribution in [0, 0.1) is 0 Å². The number of benzene rings is 1. The number of nitrogens with zero attached hydrogens (tertiary/aromatic N) is 4. The fourth-order valence-corrected chi connectivity index (χ4v) is 2.19. The van der Waals surface area contributed by atoms with Crippen molar-refractivity contribution in [3.8, 4) is 5.75 Å². The molecule has 1 aromatic carbocycles. The molecule has 0 atom stereocenters. The Labute approximate surface area is 144 Å². The fourth-order valence-electron chi connectivity index (χ4n) is 2.19. The van der Waals surface area contributed by atoms with Crippen molar-refractivity contribution in [2.24, 2.45) is 10.2 Å². The quantitative estimate of drug-likeness (QED) is 0.825. The Hall–Kier alpha value is -3.20. The molecule has 9 nitrogen and oxygen atoms in total. The molecule has 0 saturated carbocycles. The maximum absolute atomic E-state index is 12.2. The standard InChI is InChI=1S/C16H18N6O3/c17-14-12(21-20-11-4-2-1-3-5-11)10-13(15(18)19-14)25-16(23)22-6-8-24-9-7-22/h1-5,10H,6-9H2,(H4,17,18,19). The van der Waals surface area contributed by atoms with Crippen molar-refractivity contribution in [1.82, 2.24) is 9.88 Å². The highest BCUT2D eigenvalue weighted by molar-refractivity contribution is 5.75. The molecule has 0 radical (unpaired) electrons. The highest BCUT2D eigenvalue weighted by atomic mass is 16.6. The summed E-state index contributed by atoms with van der Waals surface area (Å²) < 4.78 is 10.5. The number of morpholine rings is 1. The van der Waals surface area contributed by atoms with Crippen molar-refractivity contribution < 1.29 is 14.3 Å². The van der Waals surface area contributed by atoms with Crippen LogP contribution in [0.4, 0.5) is 27.8 Å². The van der Waals surface area contributed by atoms with Gasteiger partial charge in [-0.2, -0.15) is 5.11 Å². The van der Waals surface area contributed by atoms with Gasteiger partial charge in [-0.15, -0.1) is 5.11 Å². The molecule has 1 aromatic heterocycles. The van der Waals surface area contributed by atoms with Crippen LogP contribution in [0.1, 0.15) is 0 Å². The average molecular weight is 342 g/mol. The first-order valence-corrected chi connectivity index (χ1v) is 7.71. The Morgan fingerprint density at radius 1 is 1.12 bits per heavy atom. The number of pyridine rings is 1. The summed E-state index contributed by atoms with van der Waals surface area (Å²) in [5, 5.41) is 8.13. The first-order valence-electron chi connectivity index (χ1n) is 7.71. The Kier molecular flexibility index (Phi) is 5.05. The molecule has 2 heterocycles. The average Bonchev–Trinajstić information content (AvgIpc) is 2.64. The van der Waals surface area contributed by atoms with Gasteiger partial charge in [0, 0.05) is 19.2 Å². The SMILES string of the molecule is Nc1nc(N)c(OC(=O)N2CCOCC2)cc1N=Nc1ccccc1. The molecule has 4 N–H and O–H groups in total. The Morgan fingerprint density at radius 3 is 2.56 bits per heavy atom. The molecule has 1 aliphatic rings. The highest BCUT2D eigenvalue weighted by Crippen LogP contribution is 2.31. The van der Waals surface area contributed by atoms with E-state index in [0.717, 1.165) is 0 Å². The number of carbonyl (C=O) groups excluding carboxylic acids is 1. The molecular weight excluding hydrogens is 324 g/mol. The summed E-state index contributed by atoms with van der Waals surface area (Å²) in [6.07, 6.45) is -0.521. The fraction of sp³-hybridized carbons (Fsp3) is 0.250. The van der Waals surface area contributed by atoms with Crippen LogP contribution in [-0.2, 0) is 4.74 Å². The summed E-state index contributed by atoms with van der Waals surface area (Å²) in [6, 6.07) is 10.6. The second-order valence-corrected chi connectivity index (χ2v) is 5.28. The van der Waals surface area contributed by atoms with Gasteiger partial charge in [0.1, 0.15) is 5.69 Å². The smallest absolute Gasteiger partial charge is 0.406 e. The predicted octanol–water partition coefficient (Wildman–Crippen LogP) is 2.49. The van der Waals surface area contributed by atoms with Gasteiger partial charge in [0.25, 0.3) is 0 Å². The van der Waals surface area contributed by atoms with Crippen LogP contribution in [0.2, 0.25) is 0 Å². The summed E-state index contributed by atoms with van der Waals surface area (Å²) in [5.41, 5.74) is 12.5. The van der Waals surface area contributed by atoms with Gasteiger partial charge in [0.05, 0.1) is 18.9 Å². The molecule has 1 fully saturated rings. The van der Waals surface area contributed by atoms with Gasteiger partial charge in [-0.05, 0) is 12.1 Å². The van der Waals surface area contributed by atoms with Crippen molar-refractivity contribution in [3.05, 3.63) is 36.4 Å². The first-order chi connectivity index (χ1) is 12.1. The van der Waals surface area contributed by atoms with E-state index in [0.29, 0.717) is 32.0 Å². The number of hydrogen-bond donors (Lipinski definition) is 2. The molecule has 9 heteroatoms. The van der Waals surface area contributed by atoms with Crippen LogP contribution in [0.5, 0.6) is 5.75 Å². The number of nitrogen functional groups attached to an aromatic ring is 2. The van der Waals surface area contributed by atoms with E-state index >= 15 is 0 Å². The number of aromatic nitrogens is 1. The van der Waals surface area contributed by atoms with Gasteiger partial charge < -0.3 is 25.8 Å². The van der Waals surface area contributed by atoms with Crippen molar-refractivity contribution >= 4 is 29.1 Å². The summed E-state index contributed by atoms with van der Waals surface area (Å²) in [4.78, 5) is 17.7. The van der Waals surface area contributed by atoms with Gasteiger partial charge in [-0.1, -0.05) is 18.2 Å². The first kappa shape index (κ1) is 16.7. The van der Waals surface area contributed by atoms with Crippen molar-refractivity contribution in [3.63, 3.8) is 0 Å². The summed E-state index contributed by atoms with van der Waals surface area (Å²) in [5.74, 6) is 0.203. The lowest BCUT2D eigenvalue weighted by atomic mass is 10.3. The van der Waals surface area contributed by atoms with Crippen LogP contribution in [0.25, 0.3) is 0 Å². The van der Waals surface area contributed by atoms with E-state index in [1.54, 1.807) is 12.1 Å². The lowest BCUT2D eigenvalue weighted by Gasteiger charge is -2.25. The summed E-state index contributed by atoms with van der Waals surface area (Å²) in [6.45, 7) is 1.87. The van der Waals surface area contributed by atoms with E-state index in [9.17, 15) is 4.79 Å². The van der Waals surface area contributed by atoms with E-state index in [4.69, 9.17) is 20.9 Å². The minimum absolute atomic E-state index is 0.0118. The van der Waals surface area contributed by atoms with E-state index in [1.165, 1.54) is 11.0 Å². The molecule has 0 unspecified atom stereocenters. The van der Waals surface area contributed by atoms with Crippen LogP contribution in [-0.4, -0.2) is 42.3 Å². The zero-order valence-electron chi connectivity index (χ0n) is 13.5. The molecule has 25 heavy (non-hydrogen) atoms. The maximum atomic E-state index is 12.2. The third-order valence-corrected chi connectivity index (χ3v) is 3.52. The van der Waals surface area contributed by atoms with Crippen molar-refractivity contribution in [2.75, 3.05) is 37.8 Å². The van der Waals surface area contributed by atoms with Gasteiger partial charge in [-0.3, -0.25) is 0 Å². The van der Waals surface area contributed by atoms with E-state index in [2.05, 4.69) is 15.2 Å².